The molecule has 5 nitrogen and oxygen atoms in total. The number of carbonyl (C=O) groups is 1. The molecule has 2 aliphatic rings. The number of morpholine rings is 1. The van der Waals surface area contributed by atoms with E-state index in [1.54, 1.807) is 0 Å². The van der Waals surface area contributed by atoms with Crippen LogP contribution in [0, 0.1) is 0 Å². The molecule has 6 heteroatoms. The zero-order chi connectivity index (χ0) is 18.2. The Morgan fingerprint density at radius 2 is 1.81 bits per heavy atom. The number of rotatable bonds is 7. The molecular weight excluding hydrogens is 352 g/mol. The SMILES string of the molecule is O=C(Cc1ccccc1Cl)N(CCCN1CCOCC1)C1CCOCC1. The van der Waals surface area contributed by atoms with Crippen LogP contribution >= 0.6 is 11.6 Å². The van der Waals surface area contributed by atoms with Crippen molar-refractivity contribution in [3.05, 3.63) is 34.9 Å². The van der Waals surface area contributed by atoms with Gasteiger partial charge in [-0.2, -0.15) is 0 Å². The Morgan fingerprint density at radius 3 is 2.54 bits per heavy atom. The third-order valence-electron chi connectivity index (χ3n) is 5.23. The molecule has 2 fully saturated rings. The van der Waals surface area contributed by atoms with Gasteiger partial charge in [0.25, 0.3) is 0 Å². The van der Waals surface area contributed by atoms with Gasteiger partial charge in [0.05, 0.1) is 19.6 Å². The zero-order valence-electron chi connectivity index (χ0n) is 15.4. The molecule has 0 aromatic heterocycles. The van der Waals surface area contributed by atoms with E-state index >= 15 is 0 Å². The summed E-state index contributed by atoms with van der Waals surface area (Å²) in [5.41, 5.74) is 0.907. The summed E-state index contributed by atoms with van der Waals surface area (Å²) in [4.78, 5) is 17.5. The molecule has 1 amide bonds. The first-order valence-electron chi connectivity index (χ1n) is 9.65. The third kappa shape index (κ3) is 5.68. The summed E-state index contributed by atoms with van der Waals surface area (Å²) >= 11 is 6.26. The molecule has 0 radical (unpaired) electrons. The van der Waals surface area contributed by atoms with Gasteiger partial charge >= 0.3 is 0 Å². The summed E-state index contributed by atoms with van der Waals surface area (Å²) in [5.74, 6) is 0.173. The maximum atomic E-state index is 13.0. The molecule has 2 saturated heterocycles. The van der Waals surface area contributed by atoms with Crippen LogP contribution in [-0.4, -0.2) is 74.4 Å². The number of nitrogens with zero attached hydrogens (tertiary/aromatic N) is 2. The first-order chi connectivity index (χ1) is 12.7. The number of carbonyl (C=O) groups excluding carboxylic acids is 1. The van der Waals surface area contributed by atoms with E-state index in [4.69, 9.17) is 21.1 Å². The second kappa shape index (κ2) is 10.3. The number of ether oxygens (including phenoxy) is 2. The topological polar surface area (TPSA) is 42.0 Å². The molecule has 144 valence electrons. The maximum absolute atomic E-state index is 13.0. The van der Waals surface area contributed by atoms with Crippen molar-refractivity contribution in [2.24, 2.45) is 0 Å². The Labute approximate surface area is 161 Å². The standard InChI is InChI=1S/C20H29ClN2O3/c21-19-5-2-1-4-17(19)16-20(24)23(18-6-12-25-13-7-18)9-3-8-22-10-14-26-15-11-22/h1-2,4-5,18H,3,6-16H2. The van der Waals surface area contributed by atoms with Gasteiger partial charge in [-0.15, -0.1) is 0 Å². The van der Waals surface area contributed by atoms with E-state index in [0.29, 0.717) is 11.4 Å². The van der Waals surface area contributed by atoms with Crippen molar-refractivity contribution in [2.45, 2.75) is 31.7 Å². The number of amides is 1. The highest BCUT2D eigenvalue weighted by molar-refractivity contribution is 6.31. The van der Waals surface area contributed by atoms with E-state index in [2.05, 4.69) is 9.80 Å². The van der Waals surface area contributed by atoms with Gasteiger partial charge in [0.15, 0.2) is 0 Å². The minimum atomic E-state index is 0.173. The van der Waals surface area contributed by atoms with Gasteiger partial charge in [-0.1, -0.05) is 29.8 Å². The summed E-state index contributed by atoms with van der Waals surface area (Å²) in [6.45, 7) is 6.90. The molecule has 1 aromatic carbocycles. The second-order valence-corrected chi connectivity index (χ2v) is 7.41. The molecule has 2 aliphatic heterocycles. The lowest BCUT2D eigenvalue weighted by molar-refractivity contribution is -0.134. The normalized spacial score (nSPS) is 19.4. The van der Waals surface area contributed by atoms with E-state index in [-0.39, 0.29) is 11.9 Å². The molecule has 0 unspecified atom stereocenters. The fourth-order valence-corrected chi connectivity index (χ4v) is 3.91. The van der Waals surface area contributed by atoms with Crippen LogP contribution in [0.1, 0.15) is 24.8 Å². The summed E-state index contributed by atoms with van der Waals surface area (Å²) in [5, 5.41) is 0.668. The fourth-order valence-electron chi connectivity index (χ4n) is 3.70. The minimum Gasteiger partial charge on any atom is -0.381 e. The van der Waals surface area contributed by atoms with Gasteiger partial charge in [-0.25, -0.2) is 0 Å². The quantitative estimate of drug-likeness (QED) is 0.729. The molecule has 0 saturated carbocycles. The number of hydrogen-bond donors (Lipinski definition) is 0. The average molecular weight is 381 g/mol. The van der Waals surface area contributed by atoms with E-state index in [0.717, 1.165) is 77.4 Å². The number of halogens is 1. The maximum Gasteiger partial charge on any atom is 0.227 e. The highest BCUT2D eigenvalue weighted by atomic mass is 35.5. The van der Waals surface area contributed by atoms with Gasteiger partial charge in [0.2, 0.25) is 5.91 Å². The summed E-state index contributed by atoms with van der Waals surface area (Å²) in [6.07, 6.45) is 3.21. The highest BCUT2D eigenvalue weighted by Gasteiger charge is 2.26. The third-order valence-corrected chi connectivity index (χ3v) is 5.60. The van der Waals surface area contributed by atoms with E-state index < -0.39 is 0 Å². The lowest BCUT2D eigenvalue weighted by Crippen LogP contribution is -2.46. The Morgan fingerprint density at radius 1 is 1.12 bits per heavy atom. The Hall–Kier alpha value is -1.14. The highest BCUT2D eigenvalue weighted by Crippen LogP contribution is 2.20. The molecule has 0 bridgehead atoms. The van der Waals surface area contributed by atoms with Crippen molar-refractivity contribution >= 4 is 17.5 Å². The van der Waals surface area contributed by atoms with E-state index in [1.165, 1.54) is 0 Å². The van der Waals surface area contributed by atoms with Gasteiger partial charge in [-0.3, -0.25) is 9.69 Å². The fraction of sp³-hybridized carbons (Fsp3) is 0.650. The summed E-state index contributed by atoms with van der Waals surface area (Å²) in [7, 11) is 0. The van der Waals surface area contributed by atoms with Crippen LogP contribution in [0.2, 0.25) is 5.02 Å². The van der Waals surface area contributed by atoms with Crippen molar-refractivity contribution in [3.8, 4) is 0 Å². The van der Waals surface area contributed by atoms with E-state index in [9.17, 15) is 4.79 Å². The first kappa shape index (κ1) is 19.6. The monoisotopic (exact) mass is 380 g/mol. The zero-order valence-corrected chi connectivity index (χ0v) is 16.1. The van der Waals surface area contributed by atoms with Crippen LogP contribution in [0.25, 0.3) is 0 Å². The Bertz CT molecular complexity index is 572. The molecule has 0 N–H and O–H groups in total. The lowest BCUT2D eigenvalue weighted by Gasteiger charge is -2.35. The van der Waals surface area contributed by atoms with Crippen LogP contribution < -0.4 is 0 Å². The molecule has 0 atom stereocenters. The number of benzene rings is 1. The molecule has 1 aromatic rings. The molecule has 26 heavy (non-hydrogen) atoms. The van der Waals surface area contributed by atoms with Gasteiger partial charge < -0.3 is 14.4 Å². The van der Waals surface area contributed by atoms with Crippen molar-refractivity contribution in [3.63, 3.8) is 0 Å². The van der Waals surface area contributed by atoms with Crippen molar-refractivity contribution < 1.29 is 14.3 Å². The van der Waals surface area contributed by atoms with Gasteiger partial charge in [0.1, 0.15) is 0 Å². The summed E-state index contributed by atoms with van der Waals surface area (Å²) < 4.78 is 10.9. The Balaban J connectivity index is 1.58. The van der Waals surface area contributed by atoms with Crippen LogP contribution in [0.4, 0.5) is 0 Å². The van der Waals surface area contributed by atoms with E-state index in [1.807, 2.05) is 24.3 Å². The first-order valence-corrected chi connectivity index (χ1v) is 10.0. The van der Waals surface area contributed by atoms with Crippen molar-refractivity contribution in [1.82, 2.24) is 9.80 Å². The smallest absolute Gasteiger partial charge is 0.227 e. The van der Waals surface area contributed by atoms with Crippen molar-refractivity contribution in [1.29, 1.82) is 0 Å². The molecule has 2 heterocycles. The predicted molar refractivity (Wildman–Crippen MR) is 103 cm³/mol. The average Bonchev–Trinajstić information content (AvgIpc) is 2.68. The van der Waals surface area contributed by atoms with Gasteiger partial charge in [0, 0.05) is 50.5 Å². The molecular formula is C20H29ClN2O3. The summed E-state index contributed by atoms with van der Waals surface area (Å²) in [6, 6.07) is 7.90. The second-order valence-electron chi connectivity index (χ2n) is 7.01. The lowest BCUT2D eigenvalue weighted by atomic mass is 10.0. The largest absolute Gasteiger partial charge is 0.381 e. The minimum absolute atomic E-state index is 0.173. The van der Waals surface area contributed by atoms with Gasteiger partial charge in [-0.05, 0) is 30.9 Å². The molecule has 0 spiro atoms. The Kier molecular flexibility index (Phi) is 7.74. The van der Waals surface area contributed by atoms with Crippen LogP contribution in [0.5, 0.6) is 0 Å². The van der Waals surface area contributed by atoms with Crippen LogP contribution in [0.15, 0.2) is 24.3 Å². The molecule has 3 rings (SSSR count). The predicted octanol–water partition coefficient (Wildman–Crippen LogP) is 2.61. The number of hydrogen-bond acceptors (Lipinski definition) is 4. The van der Waals surface area contributed by atoms with Crippen LogP contribution in [-0.2, 0) is 20.7 Å². The van der Waals surface area contributed by atoms with Crippen molar-refractivity contribution in [2.75, 3.05) is 52.6 Å². The van der Waals surface area contributed by atoms with Crippen LogP contribution in [0.3, 0.4) is 0 Å². The molecule has 0 aliphatic carbocycles.